The Balaban J connectivity index is 2.44. The highest BCUT2D eigenvalue weighted by atomic mass is 16.4. The molecule has 0 aliphatic rings. The molecule has 0 fully saturated rings. The summed E-state index contributed by atoms with van der Waals surface area (Å²) in [5, 5.41) is 9.08. The van der Waals surface area contributed by atoms with Crippen molar-refractivity contribution in [3.8, 4) is 0 Å². The Bertz CT molecular complexity index is 648. The first-order valence-electron chi connectivity index (χ1n) is 7.51. The van der Waals surface area contributed by atoms with E-state index in [1.807, 2.05) is 13.0 Å². The summed E-state index contributed by atoms with van der Waals surface area (Å²) in [6.07, 6.45) is 0. The van der Waals surface area contributed by atoms with Crippen molar-refractivity contribution in [2.45, 2.75) is 41.2 Å². The second-order valence-electron chi connectivity index (χ2n) is 6.43. The Morgan fingerprint density at radius 2 is 1.86 bits per heavy atom. The Morgan fingerprint density at radius 3 is 2.38 bits per heavy atom. The third-order valence-corrected chi connectivity index (χ3v) is 4.29. The topological polar surface area (TPSA) is 55.1 Å². The predicted octanol–water partition coefficient (Wildman–Crippen LogP) is 3.97. The zero-order valence-electron chi connectivity index (χ0n) is 13.4. The molecular formula is C17H24N2O2. The van der Waals surface area contributed by atoms with Gasteiger partial charge in [0.1, 0.15) is 5.82 Å². The SMILES string of the molecule is Cc1nc2cc(C(=O)O)ccc2n1CC(C(C)C)C(C)C. The fraction of sp³-hybridized carbons (Fsp3) is 0.529. The van der Waals surface area contributed by atoms with Gasteiger partial charge in [-0.25, -0.2) is 9.78 Å². The largest absolute Gasteiger partial charge is 0.478 e. The number of nitrogens with zero attached hydrogens (tertiary/aromatic N) is 2. The van der Waals surface area contributed by atoms with E-state index < -0.39 is 5.97 Å². The lowest BCUT2D eigenvalue weighted by molar-refractivity contribution is 0.0697. The molecule has 0 radical (unpaired) electrons. The first kappa shape index (κ1) is 15.5. The molecule has 0 bridgehead atoms. The Kier molecular flexibility index (Phi) is 4.35. The van der Waals surface area contributed by atoms with Crippen molar-refractivity contribution in [3.63, 3.8) is 0 Å². The number of imidazole rings is 1. The maximum Gasteiger partial charge on any atom is 0.335 e. The summed E-state index contributed by atoms with van der Waals surface area (Å²) in [5.74, 6) is 1.80. The van der Waals surface area contributed by atoms with Gasteiger partial charge in [0.05, 0.1) is 16.6 Å². The molecule has 114 valence electrons. The number of carboxylic acids is 1. The van der Waals surface area contributed by atoms with Gasteiger partial charge in [0.15, 0.2) is 0 Å². The van der Waals surface area contributed by atoms with E-state index in [0.29, 0.717) is 17.8 Å². The predicted molar refractivity (Wildman–Crippen MR) is 84.6 cm³/mol. The average molecular weight is 288 g/mol. The van der Waals surface area contributed by atoms with Gasteiger partial charge in [-0.2, -0.15) is 0 Å². The van der Waals surface area contributed by atoms with E-state index >= 15 is 0 Å². The molecule has 0 saturated carbocycles. The number of carbonyl (C=O) groups is 1. The lowest BCUT2D eigenvalue weighted by Crippen LogP contribution is -2.22. The number of aromatic carboxylic acids is 1. The van der Waals surface area contributed by atoms with E-state index in [-0.39, 0.29) is 5.56 Å². The summed E-state index contributed by atoms with van der Waals surface area (Å²) < 4.78 is 2.21. The summed E-state index contributed by atoms with van der Waals surface area (Å²) in [4.78, 5) is 15.6. The number of rotatable bonds is 5. The van der Waals surface area contributed by atoms with Gasteiger partial charge in [0.2, 0.25) is 0 Å². The van der Waals surface area contributed by atoms with E-state index in [1.165, 1.54) is 0 Å². The van der Waals surface area contributed by atoms with Crippen LogP contribution in [0.15, 0.2) is 18.2 Å². The number of benzene rings is 1. The average Bonchev–Trinajstić information content (AvgIpc) is 2.69. The van der Waals surface area contributed by atoms with Gasteiger partial charge < -0.3 is 9.67 Å². The normalized spacial score (nSPS) is 12.0. The van der Waals surface area contributed by atoms with Crippen LogP contribution in [0.5, 0.6) is 0 Å². The number of aryl methyl sites for hydroxylation is 1. The molecule has 0 aliphatic carbocycles. The molecule has 4 heteroatoms. The van der Waals surface area contributed by atoms with E-state index in [1.54, 1.807) is 12.1 Å². The van der Waals surface area contributed by atoms with Crippen LogP contribution in [0.3, 0.4) is 0 Å². The highest BCUT2D eigenvalue weighted by Crippen LogP contribution is 2.26. The van der Waals surface area contributed by atoms with Gasteiger partial charge in [-0.15, -0.1) is 0 Å². The maximum atomic E-state index is 11.1. The van der Waals surface area contributed by atoms with Crippen molar-refractivity contribution >= 4 is 17.0 Å². The molecule has 21 heavy (non-hydrogen) atoms. The molecular weight excluding hydrogens is 264 g/mol. The van der Waals surface area contributed by atoms with Crippen molar-refractivity contribution in [1.29, 1.82) is 0 Å². The molecule has 1 aromatic heterocycles. The molecule has 0 spiro atoms. The number of fused-ring (bicyclic) bond motifs is 1. The van der Waals surface area contributed by atoms with Crippen molar-refractivity contribution in [1.82, 2.24) is 9.55 Å². The summed E-state index contributed by atoms with van der Waals surface area (Å²) in [6.45, 7) is 11.9. The lowest BCUT2D eigenvalue weighted by Gasteiger charge is -2.26. The molecule has 0 unspecified atom stereocenters. The number of hydrogen-bond donors (Lipinski definition) is 1. The summed E-state index contributed by atoms with van der Waals surface area (Å²) in [5.41, 5.74) is 2.07. The van der Waals surface area contributed by atoms with E-state index in [2.05, 4.69) is 37.2 Å². The van der Waals surface area contributed by atoms with Crippen LogP contribution in [-0.2, 0) is 6.54 Å². The highest BCUT2D eigenvalue weighted by Gasteiger charge is 2.20. The van der Waals surface area contributed by atoms with Crippen molar-refractivity contribution in [2.24, 2.45) is 17.8 Å². The molecule has 2 rings (SSSR count). The number of hydrogen-bond acceptors (Lipinski definition) is 2. The molecule has 2 aromatic rings. The van der Waals surface area contributed by atoms with Crippen LogP contribution in [0.25, 0.3) is 11.0 Å². The minimum Gasteiger partial charge on any atom is -0.478 e. The van der Waals surface area contributed by atoms with E-state index in [4.69, 9.17) is 5.11 Å². The fourth-order valence-electron chi connectivity index (χ4n) is 3.02. The quantitative estimate of drug-likeness (QED) is 0.905. The van der Waals surface area contributed by atoms with Crippen LogP contribution < -0.4 is 0 Å². The van der Waals surface area contributed by atoms with Gasteiger partial charge in [-0.05, 0) is 42.9 Å². The molecule has 1 heterocycles. The minimum atomic E-state index is -0.911. The minimum absolute atomic E-state index is 0.288. The maximum absolute atomic E-state index is 11.1. The molecule has 0 amide bonds. The molecule has 0 saturated heterocycles. The van der Waals surface area contributed by atoms with Crippen LogP contribution in [0.1, 0.15) is 43.9 Å². The summed E-state index contributed by atoms with van der Waals surface area (Å²) >= 11 is 0. The van der Waals surface area contributed by atoms with Gasteiger partial charge in [-0.3, -0.25) is 0 Å². The Morgan fingerprint density at radius 1 is 1.24 bits per heavy atom. The number of aromatic nitrogens is 2. The molecule has 0 atom stereocenters. The van der Waals surface area contributed by atoms with Gasteiger partial charge in [-0.1, -0.05) is 27.7 Å². The van der Waals surface area contributed by atoms with Crippen LogP contribution in [-0.4, -0.2) is 20.6 Å². The van der Waals surface area contributed by atoms with Crippen molar-refractivity contribution in [3.05, 3.63) is 29.6 Å². The van der Waals surface area contributed by atoms with Gasteiger partial charge in [0, 0.05) is 6.54 Å². The monoisotopic (exact) mass is 288 g/mol. The fourth-order valence-corrected chi connectivity index (χ4v) is 3.02. The van der Waals surface area contributed by atoms with Crippen molar-refractivity contribution < 1.29 is 9.90 Å². The second-order valence-corrected chi connectivity index (χ2v) is 6.43. The third-order valence-electron chi connectivity index (χ3n) is 4.29. The van der Waals surface area contributed by atoms with E-state index in [9.17, 15) is 4.79 Å². The van der Waals surface area contributed by atoms with Gasteiger partial charge >= 0.3 is 5.97 Å². The second kappa shape index (κ2) is 5.88. The van der Waals surface area contributed by atoms with Crippen LogP contribution in [0.2, 0.25) is 0 Å². The van der Waals surface area contributed by atoms with Crippen LogP contribution >= 0.6 is 0 Å². The Labute approximate surface area is 125 Å². The summed E-state index contributed by atoms with van der Waals surface area (Å²) in [6, 6.07) is 5.18. The van der Waals surface area contributed by atoms with Crippen LogP contribution in [0, 0.1) is 24.7 Å². The smallest absolute Gasteiger partial charge is 0.335 e. The summed E-state index contributed by atoms with van der Waals surface area (Å²) in [7, 11) is 0. The first-order chi connectivity index (χ1) is 9.81. The molecule has 1 N–H and O–H groups in total. The zero-order valence-corrected chi connectivity index (χ0v) is 13.4. The standard InChI is InChI=1S/C17H24N2O2/c1-10(2)14(11(3)4)9-19-12(5)18-15-8-13(17(20)21)6-7-16(15)19/h6-8,10-11,14H,9H2,1-5H3,(H,20,21). The molecule has 1 aromatic carbocycles. The lowest BCUT2D eigenvalue weighted by atomic mass is 9.85. The first-order valence-corrected chi connectivity index (χ1v) is 7.51. The van der Waals surface area contributed by atoms with E-state index in [0.717, 1.165) is 23.4 Å². The van der Waals surface area contributed by atoms with Crippen LogP contribution in [0.4, 0.5) is 0 Å². The Hall–Kier alpha value is -1.84. The van der Waals surface area contributed by atoms with Crippen molar-refractivity contribution in [2.75, 3.05) is 0 Å². The highest BCUT2D eigenvalue weighted by molar-refractivity contribution is 5.92. The third kappa shape index (κ3) is 3.09. The molecule has 0 aliphatic heterocycles. The molecule has 4 nitrogen and oxygen atoms in total. The zero-order chi connectivity index (χ0) is 15.7. The number of carboxylic acid groups (broad SMARTS) is 1. The van der Waals surface area contributed by atoms with Gasteiger partial charge in [0.25, 0.3) is 0 Å².